The fourth-order valence-corrected chi connectivity index (χ4v) is 4.70. The van der Waals surface area contributed by atoms with Gasteiger partial charge in [-0.1, -0.05) is 25.5 Å². The number of rotatable bonds is 13. The predicted octanol–water partition coefficient (Wildman–Crippen LogP) is 5.73. The second-order valence-electron chi connectivity index (χ2n) is 9.79. The molecule has 4 rings (SSSR count). The van der Waals surface area contributed by atoms with Crippen LogP contribution in [0.4, 0.5) is 11.5 Å². The lowest BCUT2D eigenvalue weighted by Gasteiger charge is -2.34. The van der Waals surface area contributed by atoms with E-state index in [0.29, 0.717) is 18.1 Å². The minimum Gasteiger partial charge on any atom is -0.370 e. The number of hydrogen-bond acceptors (Lipinski definition) is 6. The van der Waals surface area contributed by atoms with Gasteiger partial charge in [0.1, 0.15) is 11.9 Å². The zero-order valence-electron chi connectivity index (χ0n) is 23.2. The predicted molar refractivity (Wildman–Crippen MR) is 160 cm³/mol. The Bertz CT molecular complexity index is 1370. The molecule has 3 N–H and O–H groups in total. The van der Waals surface area contributed by atoms with E-state index in [-0.39, 0.29) is 6.04 Å². The molecule has 0 fully saturated rings. The van der Waals surface area contributed by atoms with Crippen LogP contribution < -0.4 is 15.5 Å². The number of benzene rings is 1. The number of anilines is 2. The molecule has 40 heavy (non-hydrogen) atoms. The molecule has 3 aromatic heterocycles. The van der Waals surface area contributed by atoms with Gasteiger partial charge in [0.05, 0.1) is 11.8 Å². The van der Waals surface area contributed by atoms with Crippen molar-refractivity contribution in [3.63, 3.8) is 0 Å². The number of aromatic nitrogens is 4. The van der Waals surface area contributed by atoms with E-state index in [1.807, 2.05) is 37.6 Å². The highest BCUT2D eigenvalue weighted by atomic mass is 15.3. The van der Waals surface area contributed by atoms with Crippen molar-refractivity contribution >= 4 is 17.5 Å². The summed E-state index contributed by atoms with van der Waals surface area (Å²) in [5.74, 6) is 1.17. The van der Waals surface area contributed by atoms with Crippen LogP contribution in [0.15, 0.2) is 79.5 Å². The standard InChI is InChI=1S/C31H37N9/c1-3-6-28(7-4-5-16-35-30-13-8-25(19-32)21-36-30)40(31(33)37-20-24-14-17-34-18-15-24)29-11-9-26(10-12-29)27-22-38-39(2)23-27/h8-15,17-18,21-23,28H,3-7,16,20H2,1-2H3,(H2,33,37)(H,35,36). The molecule has 0 aliphatic carbocycles. The Labute approximate surface area is 236 Å². The summed E-state index contributed by atoms with van der Waals surface area (Å²) < 4.78 is 1.80. The average Bonchev–Trinajstić information content (AvgIpc) is 3.43. The summed E-state index contributed by atoms with van der Waals surface area (Å²) in [7, 11) is 1.92. The zero-order valence-corrected chi connectivity index (χ0v) is 23.2. The molecule has 0 saturated heterocycles. The Morgan fingerprint density at radius 2 is 1.82 bits per heavy atom. The van der Waals surface area contributed by atoms with Crippen LogP contribution in [-0.4, -0.2) is 38.3 Å². The lowest BCUT2D eigenvalue weighted by Crippen LogP contribution is -2.47. The minimum absolute atomic E-state index is 0.180. The summed E-state index contributed by atoms with van der Waals surface area (Å²) in [4.78, 5) is 10.5. The number of unbranched alkanes of at least 4 members (excludes halogenated alkanes) is 1. The van der Waals surface area contributed by atoms with E-state index in [4.69, 9.17) is 10.7 Å². The van der Waals surface area contributed by atoms with Crippen LogP contribution in [0.3, 0.4) is 0 Å². The van der Waals surface area contributed by atoms with Crippen molar-refractivity contribution in [2.24, 2.45) is 7.05 Å². The molecule has 4 aromatic rings. The molecule has 1 atom stereocenters. The molecule has 3 heterocycles. The Morgan fingerprint density at radius 1 is 1.02 bits per heavy atom. The first-order valence-electron chi connectivity index (χ1n) is 13.8. The molecule has 0 spiro atoms. The maximum atomic E-state index is 9.07. The van der Waals surface area contributed by atoms with E-state index < -0.39 is 0 Å². The fourth-order valence-electron chi connectivity index (χ4n) is 4.70. The van der Waals surface area contributed by atoms with E-state index in [1.54, 1.807) is 29.3 Å². The molecule has 0 aliphatic heterocycles. The van der Waals surface area contributed by atoms with Gasteiger partial charge in [0.25, 0.3) is 0 Å². The van der Waals surface area contributed by atoms with Crippen LogP contribution in [0.25, 0.3) is 11.1 Å². The van der Waals surface area contributed by atoms with Crippen LogP contribution in [-0.2, 0) is 13.6 Å². The maximum absolute atomic E-state index is 9.07. The van der Waals surface area contributed by atoms with E-state index in [1.165, 1.54) is 0 Å². The molecule has 9 heteroatoms. The van der Waals surface area contributed by atoms with Crippen LogP contribution in [0, 0.1) is 16.7 Å². The van der Waals surface area contributed by atoms with E-state index in [0.717, 1.165) is 66.8 Å². The van der Waals surface area contributed by atoms with Gasteiger partial charge in [0.2, 0.25) is 0 Å². The summed E-state index contributed by atoms with van der Waals surface area (Å²) >= 11 is 0. The van der Waals surface area contributed by atoms with Crippen molar-refractivity contribution in [1.29, 1.82) is 10.7 Å². The minimum atomic E-state index is 0.180. The van der Waals surface area contributed by atoms with E-state index in [2.05, 4.69) is 67.9 Å². The van der Waals surface area contributed by atoms with Crippen molar-refractivity contribution < 1.29 is 0 Å². The van der Waals surface area contributed by atoms with Gasteiger partial charge < -0.3 is 15.5 Å². The van der Waals surface area contributed by atoms with E-state index >= 15 is 0 Å². The number of pyridine rings is 2. The zero-order chi connectivity index (χ0) is 28.2. The number of nitrogens with one attached hydrogen (secondary N) is 3. The van der Waals surface area contributed by atoms with Gasteiger partial charge in [-0.05, 0) is 73.2 Å². The van der Waals surface area contributed by atoms with Gasteiger partial charge in [-0.2, -0.15) is 10.4 Å². The lowest BCUT2D eigenvalue weighted by molar-refractivity contribution is 0.522. The number of guanidine groups is 1. The van der Waals surface area contributed by atoms with Crippen molar-refractivity contribution in [1.82, 2.24) is 25.1 Å². The summed E-state index contributed by atoms with van der Waals surface area (Å²) in [6, 6.07) is 18.2. The first kappa shape index (κ1) is 28.3. The monoisotopic (exact) mass is 535 g/mol. The lowest BCUT2D eigenvalue weighted by atomic mass is 10.0. The SMILES string of the molecule is CCCC(CCCCNc1ccc(C#N)cn1)N(C(=N)NCc1ccncc1)c1ccc(-c2cnn(C)c2)cc1. The molecular formula is C31H37N9. The first-order valence-corrected chi connectivity index (χ1v) is 13.8. The van der Waals surface area contributed by atoms with Crippen LogP contribution in [0.1, 0.15) is 50.2 Å². The number of hydrogen-bond donors (Lipinski definition) is 3. The molecule has 9 nitrogen and oxygen atoms in total. The highest BCUT2D eigenvalue weighted by Crippen LogP contribution is 2.27. The Kier molecular flexibility index (Phi) is 10.2. The number of aryl methyl sites for hydroxylation is 1. The third kappa shape index (κ3) is 7.90. The molecule has 0 bridgehead atoms. The topological polar surface area (TPSA) is 119 Å². The van der Waals surface area contributed by atoms with Crippen molar-refractivity contribution in [3.05, 3.63) is 90.6 Å². The summed E-state index contributed by atoms with van der Waals surface area (Å²) in [5.41, 5.74) is 4.81. The van der Waals surface area contributed by atoms with E-state index in [9.17, 15) is 0 Å². The highest BCUT2D eigenvalue weighted by Gasteiger charge is 2.22. The highest BCUT2D eigenvalue weighted by molar-refractivity contribution is 5.94. The summed E-state index contributed by atoms with van der Waals surface area (Å²) in [6.07, 6.45) is 14.0. The molecule has 0 saturated carbocycles. The second-order valence-corrected chi connectivity index (χ2v) is 9.79. The summed E-state index contributed by atoms with van der Waals surface area (Å²) in [5, 5.41) is 29.0. The Hall–Kier alpha value is -4.71. The largest absolute Gasteiger partial charge is 0.370 e. The van der Waals surface area contributed by atoms with Crippen molar-refractivity contribution in [2.45, 2.75) is 51.6 Å². The molecular weight excluding hydrogens is 498 g/mol. The first-order chi connectivity index (χ1) is 19.6. The fraction of sp³-hybridized carbons (Fsp3) is 0.323. The number of nitriles is 1. The molecule has 0 amide bonds. The van der Waals surface area contributed by atoms with Crippen LogP contribution in [0.5, 0.6) is 0 Å². The molecule has 206 valence electrons. The maximum Gasteiger partial charge on any atom is 0.196 e. The van der Waals surface area contributed by atoms with Crippen molar-refractivity contribution in [3.8, 4) is 17.2 Å². The second kappa shape index (κ2) is 14.4. The Balaban J connectivity index is 1.44. The van der Waals surface area contributed by atoms with Crippen LogP contribution >= 0.6 is 0 Å². The molecule has 0 aliphatic rings. The average molecular weight is 536 g/mol. The number of nitrogens with zero attached hydrogens (tertiary/aromatic N) is 6. The molecule has 1 aromatic carbocycles. The smallest absolute Gasteiger partial charge is 0.196 e. The van der Waals surface area contributed by atoms with Gasteiger partial charge in [-0.3, -0.25) is 15.1 Å². The van der Waals surface area contributed by atoms with Crippen LogP contribution in [0.2, 0.25) is 0 Å². The third-order valence-corrected chi connectivity index (χ3v) is 6.78. The van der Waals surface area contributed by atoms with Gasteiger partial charge in [0.15, 0.2) is 5.96 Å². The normalized spacial score (nSPS) is 11.4. The van der Waals surface area contributed by atoms with Gasteiger partial charge in [-0.25, -0.2) is 4.98 Å². The molecule has 1 unspecified atom stereocenters. The summed E-state index contributed by atoms with van der Waals surface area (Å²) in [6.45, 7) is 3.56. The van der Waals surface area contributed by atoms with Crippen molar-refractivity contribution in [2.75, 3.05) is 16.8 Å². The third-order valence-electron chi connectivity index (χ3n) is 6.78. The van der Waals surface area contributed by atoms with Gasteiger partial charge in [-0.15, -0.1) is 0 Å². The quantitative estimate of drug-likeness (QED) is 0.114. The molecule has 0 radical (unpaired) electrons. The van der Waals surface area contributed by atoms with Gasteiger partial charge >= 0.3 is 0 Å². The van der Waals surface area contributed by atoms with Gasteiger partial charge in [0, 0.05) is 62.2 Å². The Morgan fingerprint density at radius 3 is 2.48 bits per heavy atom.